The van der Waals surface area contributed by atoms with Crippen molar-refractivity contribution in [1.82, 2.24) is 15.0 Å². The van der Waals surface area contributed by atoms with Gasteiger partial charge in [0.1, 0.15) is 0 Å². The second-order valence-electron chi connectivity index (χ2n) is 8.42. The smallest absolute Gasteiger partial charge is 0.255 e. The third-order valence-electron chi connectivity index (χ3n) is 5.73. The molecule has 0 aliphatic carbocycles. The third-order valence-corrected chi connectivity index (χ3v) is 6.00. The molecule has 188 valence electrons. The lowest BCUT2D eigenvalue weighted by Gasteiger charge is -2.10. The van der Waals surface area contributed by atoms with Gasteiger partial charge in [-0.2, -0.15) is 0 Å². The lowest BCUT2D eigenvalue weighted by molar-refractivity contribution is -0.115. The number of nitrogens with one attached hydrogen (secondary N) is 4. The number of aromatic amines is 1. The van der Waals surface area contributed by atoms with Crippen LogP contribution in [0.3, 0.4) is 0 Å². The molecule has 0 unspecified atom stereocenters. The SMILES string of the molecule is C=CCC(=O)Nc1ccc(C(=O)Nc2cccc(Nc3ncc(Cl)c(-c4c[nH]c5ccccc45)n3)c2)cc1. The molecule has 0 spiro atoms. The van der Waals surface area contributed by atoms with Crippen molar-refractivity contribution in [3.8, 4) is 11.3 Å². The molecular weight excluding hydrogens is 500 g/mol. The highest BCUT2D eigenvalue weighted by Crippen LogP contribution is 2.32. The normalized spacial score (nSPS) is 10.7. The van der Waals surface area contributed by atoms with E-state index in [1.807, 2.05) is 42.6 Å². The molecule has 38 heavy (non-hydrogen) atoms. The van der Waals surface area contributed by atoms with Crippen molar-refractivity contribution in [1.29, 1.82) is 0 Å². The molecule has 0 aliphatic heterocycles. The first kappa shape index (κ1) is 24.7. The van der Waals surface area contributed by atoms with Crippen molar-refractivity contribution >= 4 is 57.3 Å². The van der Waals surface area contributed by atoms with E-state index in [1.165, 1.54) is 6.08 Å². The number of hydrogen-bond donors (Lipinski definition) is 4. The van der Waals surface area contributed by atoms with Crippen LogP contribution in [0.25, 0.3) is 22.2 Å². The first-order chi connectivity index (χ1) is 18.5. The zero-order valence-electron chi connectivity index (χ0n) is 20.2. The van der Waals surface area contributed by atoms with Crippen LogP contribution in [0.2, 0.25) is 5.02 Å². The molecule has 2 aromatic heterocycles. The molecule has 9 heteroatoms. The van der Waals surface area contributed by atoms with Gasteiger partial charge in [-0.25, -0.2) is 9.97 Å². The fourth-order valence-corrected chi connectivity index (χ4v) is 4.13. The Morgan fingerprint density at radius 1 is 0.947 bits per heavy atom. The summed E-state index contributed by atoms with van der Waals surface area (Å²) in [5.74, 6) is -0.0810. The zero-order valence-corrected chi connectivity index (χ0v) is 20.9. The highest BCUT2D eigenvalue weighted by atomic mass is 35.5. The summed E-state index contributed by atoms with van der Waals surface area (Å²) in [4.78, 5) is 36.7. The van der Waals surface area contributed by atoms with Crippen LogP contribution in [0.15, 0.2) is 97.8 Å². The number of para-hydroxylation sites is 1. The first-order valence-corrected chi connectivity index (χ1v) is 12.2. The number of nitrogens with zero attached hydrogens (tertiary/aromatic N) is 2. The summed E-state index contributed by atoms with van der Waals surface area (Å²) in [6.45, 7) is 3.54. The highest BCUT2D eigenvalue weighted by Gasteiger charge is 2.13. The van der Waals surface area contributed by atoms with Crippen molar-refractivity contribution in [2.75, 3.05) is 16.0 Å². The largest absolute Gasteiger partial charge is 0.360 e. The molecule has 0 bridgehead atoms. The second kappa shape index (κ2) is 11.0. The maximum absolute atomic E-state index is 12.8. The summed E-state index contributed by atoms with van der Waals surface area (Å²) in [6, 6.07) is 21.8. The molecule has 3 aromatic carbocycles. The number of rotatable bonds is 8. The van der Waals surface area contributed by atoms with Gasteiger partial charge in [0.05, 0.1) is 16.9 Å². The Labute approximate surface area is 223 Å². The van der Waals surface area contributed by atoms with E-state index in [0.717, 1.165) is 16.5 Å². The van der Waals surface area contributed by atoms with Crippen molar-refractivity contribution in [3.63, 3.8) is 0 Å². The van der Waals surface area contributed by atoms with Gasteiger partial charge >= 0.3 is 0 Å². The van der Waals surface area contributed by atoms with Gasteiger partial charge in [0.15, 0.2) is 0 Å². The second-order valence-corrected chi connectivity index (χ2v) is 8.82. The lowest BCUT2D eigenvalue weighted by atomic mass is 10.1. The van der Waals surface area contributed by atoms with Gasteiger partial charge in [0.2, 0.25) is 11.9 Å². The molecule has 5 rings (SSSR count). The van der Waals surface area contributed by atoms with Crippen LogP contribution in [0.1, 0.15) is 16.8 Å². The molecule has 0 saturated carbocycles. The number of amides is 2. The van der Waals surface area contributed by atoms with Crippen molar-refractivity contribution < 1.29 is 9.59 Å². The zero-order chi connectivity index (χ0) is 26.5. The average Bonchev–Trinajstić information content (AvgIpc) is 3.34. The molecule has 4 N–H and O–H groups in total. The number of H-pyrrole nitrogens is 1. The van der Waals surface area contributed by atoms with Crippen molar-refractivity contribution in [2.45, 2.75) is 6.42 Å². The Morgan fingerprint density at radius 2 is 1.74 bits per heavy atom. The number of hydrogen-bond acceptors (Lipinski definition) is 5. The highest BCUT2D eigenvalue weighted by molar-refractivity contribution is 6.33. The van der Waals surface area contributed by atoms with Gasteiger partial charge in [-0.05, 0) is 48.5 Å². The topological polar surface area (TPSA) is 112 Å². The molecule has 0 saturated heterocycles. The lowest BCUT2D eigenvalue weighted by Crippen LogP contribution is -2.13. The first-order valence-electron chi connectivity index (χ1n) is 11.8. The van der Waals surface area contributed by atoms with Crippen LogP contribution in [-0.2, 0) is 4.79 Å². The average molecular weight is 523 g/mol. The van der Waals surface area contributed by atoms with Gasteiger partial charge in [0, 0.05) is 51.7 Å². The minimum absolute atomic E-state index is 0.167. The van der Waals surface area contributed by atoms with Gasteiger partial charge < -0.3 is 20.9 Å². The van der Waals surface area contributed by atoms with E-state index in [1.54, 1.807) is 42.6 Å². The summed E-state index contributed by atoms with van der Waals surface area (Å²) in [7, 11) is 0. The molecule has 5 aromatic rings. The van der Waals surface area contributed by atoms with Crippen LogP contribution in [0, 0.1) is 0 Å². The van der Waals surface area contributed by atoms with Gasteiger partial charge in [-0.3, -0.25) is 9.59 Å². The van der Waals surface area contributed by atoms with Gasteiger partial charge in [-0.15, -0.1) is 6.58 Å². The van der Waals surface area contributed by atoms with E-state index in [4.69, 9.17) is 11.6 Å². The number of anilines is 4. The summed E-state index contributed by atoms with van der Waals surface area (Å²) < 4.78 is 0. The molecule has 0 fully saturated rings. The van der Waals surface area contributed by atoms with Crippen LogP contribution < -0.4 is 16.0 Å². The Hall–Kier alpha value is -4.95. The van der Waals surface area contributed by atoms with Crippen LogP contribution in [-0.4, -0.2) is 26.8 Å². The Morgan fingerprint density at radius 3 is 2.55 bits per heavy atom. The number of benzene rings is 3. The van der Waals surface area contributed by atoms with E-state index in [-0.39, 0.29) is 18.2 Å². The number of fused-ring (bicyclic) bond motifs is 1. The van der Waals surface area contributed by atoms with Gasteiger partial charge in [-0.1, -0.05) is 41.9 Å². The summed E-state index contributed by atoms with van der Waals surface area (Å²) in [5, 5.41) is 10.3. The molecule has 2 amide bonds. The van der Waals surface area contributed by atoms with E-state index >= 15 is 0 Å². The van der Waals surface area contributed by atoms with Crippen molar-refractivity contribution in [2.24, 2.45) is 0 Å². The predicted molar refractivity (Wildman–Crippen MR) is 152 cm³/mol. The van der Waals surface area contributed by atoms with Crippen LogP contribution in [0.4, 0.5) is 23.0 Å². The number of carbonyl (C=O) groups is 2. The number of halogens is 1. The summed E-state index contributed by atoms with van der Waals surface area (Å²) in [5.41, 5.74) is 4.81. The number of carbonyl (C=O) groups excluding carboxylic acids is 2. The molecule has 0 atom stereocenters. The summed E-state index contributed by atoms with van der Waals surface area (Å²) in [6.07, 6.45) is 5.18. The van der Waals surface area contributed by atoms with E-state index < -0.39 is 0 Å². The minimum Gasteiger partial charge on any atom is -0.360 e. The maximum Gasteiger partial charge on any atom is 0.255 e. The quantitative estimate of drug-likeness (QED) is 0.168. The third kappa shape index (κ3) is 5.55. The standard InChI is InChI=1S/C29H23ClN6O2/c1-2-6-26(37)33-19-13-11-18(12-14-19)28(38)34-20-7-5-8-21(15-20)35-29-32-17-24(30)27(36-29)23-16-31-25-10-4-3-9-22(23)25/h2-5,7-17,31H,1,6H2,(H,33,37)(H,34,38)(H,32,35,36). The molecule has 2 heterocycles. The van der Waals surface area contributed by atoms with Crippen molar-refractivity contribution in [3.05, 3.63) is 108 Å². The Bertz CT molecular complexity index is 1650. The van der Waals surface area contributed by atoms with Crippen LogP contribution >= 0.6 is 11.6 Å². The van der Waals surface area contributed by atoms with E-state index in [9.17, 15) is 9.59 Å². The Kier molecular flexibility index (Phi) is 7.15. The maximum atomic E-state index is 12.8. The van der Waals surface area contributed by atoms with E-state index in [2.05, 4.69) is 37.5 Å². The minimum atomic E-state index is -0.282. The summed E-state index contributed by atoms with van der Waals surface area (Å²) >= 11 is 6.44. The monoisotopic (exact) mass is 522 g/mol. The molecule has 8 nitrogen and oxygen atoms in total. The molecule has 0 aliphatic rings. The number of aromatic nitrogens is 3. The Balaban J connectivity index is 1.29. The van der Waals surface area contributed by atoms with Gasteiger partial charge in [0.25, 0.3) is 5.91 Å². The molecule has 0 radical (unpaired) electrons. The fraction of sp³-hybridized carbons (Fsp3) is 0.0345. The van der Waals surface area contributed by atoms with Crippen LogP contribution in [0.5, 0.6) is 0 Å². The predicted octanol–water partition coefficient (Wildman–Crippen LogP) is 6.79. The fourth-order valence-electron chi connectivity index (χ4n) is 3.94. The van der Waals surface area contributed by atoms with E-state index in [0.29, 0.717) is 39.3 Å². The molecular formula is C29H23ClN6O2.